The van der Waals surface area contributed by atoms with Gasteiger partial charge >= 0.3 is 5.97 Å². The largest absolute Gasteiger partial charge is 0.481 e. The zero-order valence-corrected chi connectivity index (χ0v) is 15.2. The van der Waals surface area contributed by atoms with Gasteiger partial charge in [0, 0.05) is 17.1 Å². The van der Waals surface area contributed by atoms with E-state index in [1.807, 2.05) is 19.1 Å². The molecule has 0 saturated carbocycles. The quantitative estimate of drug-likeness (QED) is 0.705. The van der Waals surface area contributed by atoms with Gasteiger partial charge in [-0.3, -0.25) is 4.79 Å². The summed E-state index contributed by atoms with van der Waals surface area (Å²) in [4.78, 5) is 15.3. The van der Waals surface area contributed by atoms with E-state index >= 15 is 0 Å². The third kappa shape index (κ3) is 2.87. The van der Waals surface area contributed by atoms with Crippen LogP contribution >= 0.6 is 22.9 Å². The van der Waals surface area contributed by atoms with E-state index in [2.05, 4.69) is 4.98 Å². The van der Waals surface area contributed by atoms with Crippen molar-refractivity contribution < 1.29 is 23.8 Å². The molecular weight excluding hydrogens is 381 g/mol. The number of carboxylic acid groups (broad SMARTS) is 1. The average molecular weight is 394 g/mol. The van der Waals surface area contributed by atoms with E-state index in [1.54, 1.807) is 5.38 Å². The van der Waals surface area contributed by atoms with Crippen LogP contribution in [0.15, 0.2) is 23.6 Å². The van der Waals surface area contributed by atoms with Crippen LogP contribution in [0.3, 0.4) is 0 Å². The maximum absolute atomic E-state index is 14.9. The van der Waals surface area contributed by atoms with Crippen molar-refractivity contribution in [2.45, 2.75) is 19.4 Å². The molecule has 1 atom stereocenters. The lowest BCUT2D eigenvalue weighted by Gasteiger charge is -2.14. The molecule has 1 aromatic carbocycles. The van der Waals surface area contributed by atoms with Gasteiger partial charge in [0.25, 0.3) is 0 Å². The Balaban J connectivity index is 1.71. The summed E-state index contributed by atoms with van der Waals surface area (Å²) in [6, 6.07) is 5.08. The SMILES string of the molecule is Cc1ccc2c(n1)OC[C@@H]2Oc1cc(Cl)c2c(CC(=O)O)csc2c1F. The second-order valence-corrected chi connectivity index (χ2v) is 7.26. The first kappa shape index (κ1) is 17.1. The number of carbonyl (C=O) groups is 1. The molecule has 0 radical (unpaired) electrons. The van der Waals surface area contributed by atoms with E-state index in [4.69, 9.17) is 26.2 Å². The van der Waals surface area contributed by atoms with Crippen LogP contribution < -0.4 is 9.47 Å². The van der Waals surface area contributed by atoms with Gasteiger partial charge in [0.15, 0.2) is 17.7 Å². The van der Waals surface area contributed by atoms with E-state index in [0.717, 1.165) is 22.6 Å². The smallest absolute Gasteiger partial charge is 0.307 e. The monoisotopic (exact) mass is 393 g/mol. The Bertz CT molecular complexity index is 1040. The Morgan fingerprint density at radius 1 is 1.54 bits per heavy atom. The summed E-state index contributed by atoms with van der Waals surface area (Å²) >= 11 is 7.40. The molecule has 5 nitrogen and oxygen atoms in total. The first-order valence-corrected chi connectivity index (χ1v) is 9.06. The Labute approximate surface area is 157 Å². The number of benzene rings is 1. The van der Waals surface area contributed by atoms with Crippen LogP contribution in [-0.2, 0) is 11.2 Å². The summed E-state index contributed by atoms with van der Waals surface area (Å²) in [5.41, 5.74) is 2.07. The summed E-state index contributed by atoms with van der Waals surface area (Å²) in [6.07, 6.45) is -0.701. The van der Waals surface area contributed by atoms with Crippen LogP contribution in [0.5, 0.6) is 11.6 Å². The summed E-state index contributed by atoms with van der Waals surface area (Å²) in [7, 11) is 0. The molecule has 1 aliphatic heterocycles. The second kappa shape index (κ2) is 6.41. The number of hydrogen-bond donors (Lipinski definition) is 1. The number of ether oxygens (including phenoxy) is 2. The normalized spacial score (nSPS) is 15.7. The van der Waals surface area contributed by atoms with Crippen LogP contribution in [0.25, 0.3) is 10.1 Å². The fourth-order valence-electron chi connectivity index (χ4n) is 2.96. The fraction of sp³-hybridized carbons (Fsp3) is 0.222. The van der Waals surface area contributed by atoms with Crippen molar-refractivity contribution in [3.8, 4) is 11.6 Å². The van der Waals surface area contributed by atoms with Gasteiger partial charge in [-0.25, -0.2) is 9.37 Å². The Morgan fingerprint density at radius 3 is 3.12 bits per heavy atom. The molecule has 3 aromatic rings. The summed E-state index contributed by atoms with van der Waals surface area (Å²) < 4.78 is 26.5. The van der Waals surface area contributed by atoms with Gasteiger partial charge in [-0.1, -0.05) is 11.6 Å². The number of aryl methyl sites for hydroxylation is 1. The van der Waals surface area contributed by atoms with E-state index < -0.39 is 17.9 Å². The molecule has 0 unspecified atom stereocenters. The van der Waals surface area contributed by atoms with E-state index in [-0.39, 0.29) is 28.5 Å². The Kier molecular flexibility index (Phi) is 4.20. The van der Waals surface area contributed by atoms with Gasteiger partial charge in [-0.05, 0) is 30.0 Å². The molecule has 1 N–H and O–H groups in total. The average Bonchev–Trinajstić information content (AvgIpc) is 3.16. The molecule has 0 amide bonds. The molecule has 3 heterocycles. The summed E-state index contributed by atoms with van der Waals surface area (Å²) in [5, 5.41) is 11.3. The molecule has 8 heteroatoms. The van der Waals surface area contributed by atoms with Crippen LogP contribution in [0.2, 0.25) is 5.02 Å². The Hall–Kier alpha value is -2.38. The van der Waals surface area contributed by atoms with E-state index in [1.165, 1.54) is 6.07 Å². The highest BCUT2D eigenvalue weighted by Gasteiger charge is 2.29. The van der Waals surface area contributed by atoms with Crippen LogP contribution in [0.4, 0.5) is 4.39 Å². The highest BCUT2D eigenvalue weighted by Crippen LogP contribution is 2.42. The van der Waals surface area contributed by atoms with Gasteiger partial charge in [-0.15, -0.1) is 11.3 Å². The molecule has 134 valence electrons. The third-order valence-corrected chi connectivity index (χ3v) is 5.46. The standard InChI is InChI=1S/C18H13ClFNO4S/c1-8-2-3-10-13(6-24-18(10)21-8)25-12-5-11(19)15-9(4-14(22)23)7-26-17(15)16(12)20/h2-3,5,7,13H,4,6H2,1H3,(H,22,23)/t13-/m0/s1. The zero-order chi connectivity index (χ0) is 18.4. The van der Waals surface area contributed by atoms with Gasteiger partial charge in [0.05, 0.1) is 21.7 Å². The number of aliphatic carboxylic acids is 1. The summed E-state index contributed by atoms with van der Waals surface area (Å²) in [6.45, 7) is 2.09. The molecular formula is C18H13ClFNO4S. The van der Waals surface area contributed by atoms with Gasteiger partial charge in [0.2, 0.25) is 5.88 Å². The molecule has 4 rings (SSSR count). The fourth-order valence-corrected chi connectivity index (χ4v) is 4.35. The van der Waals surface area contributed by atoms with Gasteiger partial charge in [0.1, 0.15) is 6.61 Å². The lowest BCUT2D eigenvalue weighted by Crippen LogP contribution is -2.10. The van der Waals surface area contributed by atoms with Crippen molar-refractivity contribution in [2.24, 2.45) is 0 Å². The highest BCUT2D eigenvalue weighted by atomic mass is 35.5. The number of thiophene rings is 1. The number of pyridine rings is 1. The molecule has 1 aliphatic rings. The Morgan fingerprint density at radius 2 is 2.35 bits per heavy atom. The van der Waals surface area contributed by atoms with Crippen LogP contribution in [-0.4, -0.2) is 22.7 Å². The van der Waals surface area contributed by atoms with Crippen molar-refractivity contribution in [3.63, 3.8) is 0 Å². The van der Waals surface area contributed by atoms with E-state index in [9.17, 15) is 9.18 Å². The molecule has 0 bridgehead atoms. The number of fused-ring (bicyclic) bond motifs is 2. The number of nitrogens with zero attached hydrogens (tertiary/aromatic N) is 1. The molecule has 26 heavy (non-hydrogen) atoms. The maximum atomic E-state index is 14.9. The predicted molar refractivity (Wildman–Crippen MR) is 96.0 cm³/mol. The van der Waals surface area contributed by atoms with Crippen LogP contribution in [0, 0.1) is 12.7 Å². The third-order valence-electron chi connectivity index (χ3n) is 4.14. The number of aromatic nitrogens is 1. The first-order chi connectivity index (χ1) is 12.4. The molecule has 0 aliphatic carbocycles. The first-order valence-electron chi connectivity index (χ1n) is 7.81. The maximum Gasteiger partial charge on any atom is 0.307 e. The number of rotatable bonds is 4. The minimum atomic E-state index is -0.996. The van der Waals surface area contributed by atoms with Crippen LogP contribution in [0.1, 0.15) is 22.9 Å². The molecule has 0 saturated heterocycles. The van der Waals surface area contributed by atoms with Crippen molar-refractivity contribution in [3.05, 3.63) is 51.2 Å². The minimum Gasteiger partial charge on any atom is -0.481 e. The number of carboxylic acids is 1. The summed E-state index contributed by atoms with van der Waals surface area (Å²) in [5.74, 6) is -1.06. The van der Waals surface area contributed by atoms with E-state index in [0.29, 0.717) is 16.8 Å². The zero-order valence-electron chi connectivity index (χ0n) is 13.6. The van der Waals surface area contributed by atoms with Crippen molar-refractivity contribution >= 4 is 39.0 Å². The van der Waals surface area contributed by atoms with Crippen molar-refractivity contribution in [1.29, 1.82) is 0 Å². The predicted octanol–water partition coefficient (Wildman–Crippen LogP) is 4.54. The number of hydrogen-bond acceptors (Lipinski definition) is 5. The molecule has 2 aromatic heterocycles. The minimum absolute atomic E-state index is 0.00764. The van der Waals surface area contributed by atoms with Crippen molar-refractivity contribution in [1.82, 2.24) is 4.98 Å². The van der Waals surface area contributed by atoms with Gasteiger partial charge < -0.3 is 14.6 Å². The lowest BCUT2D eigenvalue weighted by molar-refractivity contribution is -0.136. The molecule has 0 fully saturated rings. The number of halogens is 2. The molecule has 0 spiro atoms. The van der Waals surface area contributed by atoms with Gasteiger partial charge in [-0.2, -0.15) is 0 Å². The van der Waals surface area contributed by atoms with Crippen molar-refractivity contribution in [2.75, 3.05) is 6.61 Å². The lowest BCUT2D eigenvalue weighted by atomic mass is 10.1. The topological polar surface area (TPSA) is 68.7 Å². The highest BCUT2D eigenvalue weighted by molar-refractivity contribution is 7.17. The second-order valence-electron chi connectivity index (χ2n) is 5.97.